The number of rotatable bonds is 9. The molecule has 1 saturated heterocycles. The molecule has 1 aliphatic rings. The molecule has 160 valence electrons. The van der Waals surface area contributed by atoms with Crippen LogP contribution >= 0.6 is 24.0 Å². The van der Waals surface area contributed by atoms with Crippen molar-refractivity contribution in [2.24, 2.45) is 10.9 Å². The van der Waals surface area contributed by atoms with Crippen LogP contribution in [-0.2, 0) is 4.79 Å². The summed E-state index contributed by atoms with van der Waals surface area (Å²) in [5.74, 6) is 1.46. The van der Waals surface area contributed by atoms with Crippen LogP contribution in [0.2, 0.25) is 0 Å². The van der Waals surface area contributed by atoms with Crippen molar-refractivity contribution >= 4 is 35.8 Å². The minimum absolute atomic E-state index is 0. The van der Waals surface area contributed by atoms with Gasteiger partial charge in [-0.05, 0) is 33.7 Å². The zero-order valence-corrected chi connectivity index (χ0v) is 20.5. The molecule has 0 spiro atoms. The molecule has 0 saturated carbocycles. The minimum atomic E-state index is 0. The van der Waals surface area contributed by atoms with Crippen LogP contribution in [0.25, 0.3) is 0 Å². The van der Waals surface area contributed by atoms with Gasteiger partial charge in [0.15, 0.2) is 5.96 Å². The number of guanidine groups is 1. The van der Waals surface area contributed by atoms with E-state index < -0.39 is 0 Å². The number of nitrogens with zero attached hydrogens (tertiary/aromatic N) is 5. The second kappa shape index (κ2) is 14.4. The molecule has 1 heterocycles. The van der Waals surface area contributed by atoms with Gasteiger partial charge in [-0.15, -0.1) is 24.0 Å². The van der Waals surface area contributed by atoms with Crippen molar-refractivity contribution in [3.63, 3.8) is 0 Å². The van der Waals surface area contributed by atoms with Crippen LogP contribution in [0.5, 0.6) is 0 Å². The molecule has 8 heteroatoms. The number of carbonyl (C=O) groups excluding carboxylic acids is 1. The van der Waals surface area contributed by atoms with Gasteiger partial charge >= 0.3 is 0 Å². The Morgan fingerprint density at radius 2 is 1.74 bits per heavy atom. The third kappa shape index (κ3) is 9.94. The fourth-order valence-corrected chi connectivity index (χ4v) is 3.20. The molecule has 0 bridgehead atoms. The van der Waals surface area contributed by atoms with Gasteiger partial charge < -0.3 is 24.9 Å². The number of nitrogens with one attached hydrogen (secondary N) is 1. The van der Waals surface area contributed by atoms with Crippen molar-refractivity contribution < 1.29 is 4.79 Å². The molecule has 1 amide bonds. The topological polar surface area (TPSA) is 54.4 Å². The van der Waals surface area contributed by atoms with E-state index in [0.29, 0.717) is 12.5 Å². The minimum Gasteiger partial charge on any atom is -0.357 e. The third-order valence-electron chi connectivity index (χ3n) is 4.90. The molecule has 1 rings (SSSR count). The normalized spacial score (nSPS) is 17.2. The average molecular weight is 496 g/mol. The Kier molecular flexibility index (Phi) is 14.1. The van der Waals surface area contributed by atoms with E-state index in [0.717, 1.165) is 64.9 Å². The molecule has 1 atom stereocenters. The van der Waals surface area contributed by atoms with Gasteiger partial charge in [0, 0.05) is 66.0 Å². The van der Waals surface area contributed by atoms with Gasteiger partial charge in [-0.1, -0.05) is 6.92 Å². The summed E-state index contributed by atoms with van der Waals surface area (Å²) >= 11 is 0. The maximum atomic E-state index is 12.3. The Hall–Kier alpha value is -0.610. The predicted octanol–water partition coefficient (Wildman–Crippen LogP) is 1.25. The zero-order valence-electron chi connectivity index (χ0n) is 18.2. The number of carbonyl (C=O) groups is 1. The van der Waals surface area contributed by atoms with Crippen LogP contribution < -0.4 is 5.32 Å². The highest BCUT2D eigenvalue weighted by atomic mass is 127. The van der Waals surface area contributed by atoms with E-state index in [1.807, 2.05) is 30.7 Å². The molecular weight excluding hydrogens is 455 g/mol. The Balaban J connectivity index is 0.00000676. The fourth-order valence-electron chi connectivity index (χ4n) is 3.20. The molecule has 1 fully saturated rings. The highest BCUT2D eigenvalue weighted by molar-refractivity contribution is 14.0. The van der Waals surface area contributed by atoms with E-state index >= 15 is 0 Å². The average Bonchev–Trinajstić information content (AvgIpc) is 2.61. The van der Waals surface area contributed by atoms with Gasteiger partial charge in [0.25, 0.3) is 0 Å². The van der Waals surface area contributed by atoms with Crippen molar-refractivity contribution in [1.29, 1.82) is 0 Å². The Morgan fingerprint density at radius 3 is 2.26 bits per heavy atom. The summed E-state index contributed by atoms with van der Waals surface area (Å²) in [5, 5.41) is 3.31. The largest absolute Gasteiger partial charge is 0.357 e. The van der Waals surface area contributed by atoms with E-state index in [-0.39, 0.29) is 29.9 Å². The lowest BCUT2D eigenvalue weighted by atomic mass is 10.1. The van der Waals surface area contributed by atoms with Gasteiger partial charge in [-0.2, -0.15) is 0 Å². The Labute approximate surface area is 183 Å². The van der Waals surface area contributed by atoms with Crippen molar-refractivity contribution in [1.82, 2.24) is 24.9 Å². The smallest absolute Gasteiger partial charge is 0.242 e. The summed E-state index contributed by atoms with van der Waals surface area (Å²) in [6, 6.07) is 0. The summed E-state index contributed by atoms with van der Waals surface area (Å²) in [6.07, 6.45) is 0. The number of piperazine rings is 1. The standard InChI is InChI=1S/C19H40N6O.HI/c1-7-20-19(23(6)16-18(26)25(8-2)9-3)21-14-17(4)15-24-12-10-22(5)11-13-24;/h17H,7-16H2,1-6H3,(H,20,21);1H. The number of hydrogen-bond donors (Lipinski definition) is 1. The van der Waals surface area contributed by atoms with Crippen molar-refractivity contribution in [3.8, 4) is 0 Å². The Bertz CT molecular complexity index is 436. The number of halogens is 1. The lowest BCUT2D eigenvalue weighted by Crippen LogP contribution is -2.47. The quantitative estimate of drug-likeness (QED) is 0.296. The molecular formula is C19H41IN6O. The highest BCUT2D eigenvalue weighted by Gasteiger charge is 2.17. The summed E-state index contributed by atoms with van der Waals surface area (Å²) in [6.45, 7) is 17.4. The van der Waals surface area contributed by atoms with Gasteiger partial charge in [-0.3, -0.25) is 9.79 Å². The molecule has 0 aromatic carbocycles. The monoisotopic (exact) mass is 496 g/mol. The predicted molar refractivity (Wildman–Crippen MR) is 125 cm³/mol. The summed E-state index contributed by atoms with van der Waals surface area (Å²) < 4.78 is 0. The zero-order chi connectivity index (χ0) is 19.5. The lowest BCUT2D eigenvalue weighted by Gasteiger charge is -2.33. The van der Waals surface area contributed by atoms with Crippen LogP contribution in [0.4, 0.5) is 0 Å². The second-order valence-electron chi connectivity index (χ2n) is 7.33. The molecule has 0 aromatic rings. The maximum Gasteiger partial charge on any atom is 0.242 e. The fraction of sp³-hybridized carbons (Fsp3) is 0.895. The molecule has 7 nitrogen and oxygen atoms in total. The first-order valence-corrected chi connectivity index (χ1v) is 10.1. The van der Waals surface area contributed by atoms with Gasteiger partial charge in [0.05, 0.1) is 6.54 Å². The van der Waals surface area contributed by atoms with Gasteiger partial charge in [0.1, 0.15) is 0 Å². The van der Waals surface area contributed by atoms with Crippen LogP contribution in [0.3, 0.4) is 0 Å². The van der Waals surface area contributed by atoms with E-state index in [1.54, 1.807) is 0 Å². The molecule has 1 N–H and O–H groups in total. The number of likely N-dealkylation sites (N-methyl/N-ethyl adjacent to an activating group) is 3. The summed E-state index contributed by atoms with van der Waals surface area (Å²) in [5.41, 5.74) is 0. The van der Waals surface area contributed by atoms with Crippen molar-refractivity contribution in [2.45, 2.75) is 27.7 Å². The molecule has 27 heavy (non-hydrogen) atoms. The van der Waals surface area contributed by atoms with Gasteiger partial charge in [0.2, 0.25) is 5.91 Å². The molecule has 1 aliphatic heterocycles. The van der Waals surface area contributed by atoms with Crippen LogP contribution in [0, 0.1) is 5.92 Å². The molecule has 0 aliphatic carbocycles. The summed E-state index contributed by atoms with van der Waals surface area (Å²) in [7, 11) is 4.12. The van der Waals surface area contributed by atoms with Crippen LogP contribution in [0.15, 0.2) is 4.99 Å². The summed E-state index contributed by atoms with van der Waals surface area (Å²) in [4.78, 5) is 25.8. The van der Waals surface area contributed by atoms with Crippen LogP contribution in [-0.4, -0.2) is 111 Å². The SMILES string of the molecule is CCNC(=NCC(C)CN1CCN(C)CC1)N(C)CC(=O)N(CC)CC.I. The highest BCUT2D eigenvalue weighted by Crippen LogP contribution is 2.05. The van der Waals surface area contributed by atoms with Gasteiger partial charge in [-0.25, -0.2) is 0 Å². The third-order valence-corrected chi connectivity index (χ3v) is 4.90. The lowest BCUT2D eigenvalue weighted by molar-refractivity contribution is -0.131. The number of amides is 1. The van der Waals surface area contributed by atoms with E-state index in [9.17, 15) is 4.79 Å². The second-order valence-corrected chi connectivity index (χ2v) is 7.33. The Morgan fingerprint density at radius 1 is 1.15 bits per heavy atom. The number of aliphatic imine (C=N–C) groups is 1. The first-order chi connectivity index (χ1) is 12.4. The van der Waals surface area contributed by atoms with Crippen LogP contribution in [0.1, 0.15) is 27.7 Å². The number of hydrogen-bond acceptors (Lipinski definition) is 4. The maximum absolute atomic E-state index is 12.3. The first-order valence-electron chi connectivity index (χ1n) is 10.1. The van der Waals surface area contributed by atoms with Crippen molar-refractivity contribution in [3.05, 3.63) is 0 Å². The first kappa shape index (κ1) is 26.4. The van der Waals surface area contributed by atoms with Crippen molar-refractivity contribution in [2.75, 3.05) is 79.5 Å². The van der Waals surface area contributed by atoms with E-state index in [2.05, 4.69) is 36.0 Å². The van der Waals surface area contributed by atoms with E-state index in [4.69, 9.17) is 4.99 Å². The van der Waals surface area contributed by atoms with E-state index in [1.165, 1.54) is 0 Å². The molecule has 0 aromatic heterocycles. The molecule has 0 radical (unpaired) electrons. The molecule has 1 unspecified atom stereocenters.